The molecule has 0 aromatic rings. The number of hydroxylamine groups is 1. The van der Waals surface area contributed by atoms with E-state index in [1.165, 1.54) is 13.1 Å². The largest absolute Gasteiger partial charge is 0.357 e. The third-order valence-corrected chi connectivity index (χ3v) is 4.18. The Labute approximate surface area is 155 Å². The van der Waals surface area contributed by atoms with Gasteiger partial charge in [-0.3, -0.25) is 19.6 Å². The molecule has 8 heteroatoms. The van der Waals surface area contributed by atoms with Crippen LogP contribution < -0.4 is 16.1 Å². The number of thiol groups is 1. The van der Waals surface area contributed by atoms with Gasteiger partial charge in [-0.05, 0) is 32.6 Å². The van der Waals surface area contributed by atoms with Crippen molar-refractivity contribution in [2.45, 2.75) is 51.3 Å². The third kappa shape index (κ3) is 7.48. The number of allylic oxidation sites excluding steroid dienone is 1. The van der Waals surface area contributed by atoms with Gasteiger partial charge in [0, 0.05) is 11.8 Å². The number of amides is 3. The summed E-state index contributed by atoms with van der Waals surface area (Å²) >= 11 is 4.40. The van der Waals surface area contributed by atoms with Gasteiger partial charge < -0.3 is 10.6 Å². The van der Waals surface area contributed by atoms with E-state index in [-0.39, 0.29) is 18.2 Å². The van der Waals surface area contributed by atoms with E-state index >= 15 is 0 Å². The van der Waals surface area contributed by atoms with Crippen molar-refractivity contribution >= 4 is 30.4 Å². The summed E-state index contributed by atoms with van der Waals surface area (Å²) in [6.07, 6.45) is 2.18. The molecule has 0 aromatic carbocycles. The van der Waals surface area contributed by atoms with Crippen molar-refractivity contribution in [2.24, 2.45) is 17.8 Å². The molecule has 0 aliphatic rings. The van der Waals surface area contributed by atoms with Gasteiger partial charge in [-0.1, -0.05) is 19.9 Å². The Kier molecular flexibility index (Phi) is 9.81. The highest BCUT2D eigenvalue weighted by Crippen LogP contribution is 2.26. The highest BCUT2D eigenvalue weighted by Gasteiger charge is 2.38. The Bertz CT molecular complexity index is 489. The molecule has 4 N–H and O–H groups in total. The van der Waals surface area contributed by atoms with Crippen LogP contribution in [0.15, 0.2) is 12.7 Å². The molecular weight excluding hydrogens is 342 g/mol. The maximum Gasteiger partial charge on any atom is 0.247 e. The predicted molar refractivity (Wildman–Crippen MR) is 100 cm³/mol. The molecule has 25 heavy (non-hydrogen) atoms. The molecule has 0 fully saturated rings. The molecule has 0 saturated carbocycles. The summed E-state index contributed by atoms with van der Waals surface area (Å²) in [5.41, 5.74) is 1.61. The van der Waals surface area contributed by atoms with Crippen LogP contribution in [-0.4, -0.2) is 40.8 Å². The maximum absolute atomic E-state index is 12.9. The molecule has 0 spiro atoms. The van der Waals surface area contributed by atoms with E-state index in [1.807, 2.05) is 13.8 Å². The van der Waals surface area contributed by atoms with E-state index in [1.54, 1.807) is 19.3 Å². The van der Waals surface area contributed by atoms with Crippen molar-refractivity contribution in [3.8, 4) is 0 Å². The number of hydrogen-bond donors (Lipinski definition) is 5. The van der Waals surface area contributed by atoms with Gasteiger partial charge in [0.2, 0.25) is 17.7 Å². The van der Waals surface area contributed by atoms with E-state index in [0.29, 0.717) is 6.42 Å². The number of rotatable bonds is 10. The molecule has 0 heterocycles. The zero-order chi connectivity index (χ0) is 19.8. The molecule has 3 atom stereocenters. The average Bonchev–Trinajstić information content (AvgIpc) is 2.52. The van der Waals surface area contributed by atoms with E-state index in [9.17, 15) is 14.4 Å². The molecule has 7 nitrogen and oxygen atoms in total. The fourth-order valence-electron chi connectivity index (χ4n) is 2.64. The summed E-state index contributed by atoms with van der Waals surface area (Å²) in [7, 11) is 1.48. The normalized spacial score (nSPS) is 15.0. The molecule has 0 bridgehead atoms. The van der Waals surface area contributed by atoms with E-state index in [2.05, 4.69) is 29.8 Å². The fourth-order valence-corrected chi connectivity index (χ4v) is 2.82. The van der Waals surface area contributed by atoms with Crippen LogP contribution in [0.25, 0.3) is 0 Å². The maximum atomic E-state index is 12.9. The molecule has 0 aliphatic heterocycles. The van der Waals surface area contributed by atoms with Gasteiger partial charge >= 0.3 is 0 Å². The number of carbonyl (C=O) groups excluding carboxylic acids is 3. The van der Waals surface area contributed by atoms with Crippen molar-refractivity contribution in [1.82, 2.24) is 16.1 Å². The van der Waals surface area contributed by atoms with Gasteiger partial charge in [0.25, 0.3) is 0 Å². The van der Waals surface area contributed by atoms with Gasteiger partial charge in [0.05, 0.1) is 11.8 Å². The quantitative estimate of drug-likeness (QED) is 0.172. The second-order valence-corrected chi connectivity index (χ2v) is 8.21. The van der Waals surface area contributed by atoms with E-state index in [4.69, 9.17) is 5.21 Å². The number of hydrogen-bond acceptors (Lipinski definition) is 5. The van der Waals surface area contributed by atoms with Crippen LogP contribution in [0.1, 0.15) is 40.5 Å². The lowest BCUT2D eigenvalue weighted by atomic mass is 9.81. The Morgan fingerprint density at radius 2 is 1.72 bits per heavy atom. The Hall–Kier alpha value is -1.54. The van der Waals surface area contributed by atoms with E-state index in [0.717, 1.165) is 0 Å². The second-order valence-electron chi connectivity index (χ2n) is 7.05. The number of likely N-dealkylation sites (N-methyl/N-ethyl adjacent to an activating group) is 1. The van der Waals surface area contributed by atoms with Crippen LogP contribution in [-0.2, 0) is 14.4 Å². The van der Waals surface area contributed by atoms with Crippen molar-refractivity contribution in [3.63, 3.8) is 0 Å². The summed E-state index contributed by atoms with van der Waals surface area (Å²) in [6.45, 7) is 10.9. The number of carbonyl (C=O) groups is 3. The minimum absolute atomic E-state index is 0.136. The first-order valence-corrected chi connectivity index (χ1v) is 8.73. The first-order valence-electron chi connectivity index (χ1n) is 8.28. The molecule has 3 amide bonds. The van der Waals surface area contributed by atoms with Crippen LogP contribution in [0.5, 0.6) is 0 Å². The lowest BCUT2D eigenvalue weighted by molar-refractivity contribution is -0.141. The molecule has 3 unspecified atom stereocenters. The average molecular weight is 374 g/mol. The second kappa shape index (κ2) is 10.5. The van der Waals surface area contributed by atoms with Gasteiger partial charge in [-0.15, -0.1) is 6.58 Å². The third-order valence-electron chi connectivity index (χ3n) is 3.92. The molecule has 0 rings (SSSR count). The monoisotopic (exact) mass is 373 g/mol. The van der Waals surface area contributed by atoms with Crippen LogP contribution in [0.2, 0.25) is 0 Å². The first-order chi connectivity index (χ1) is 11.5. The zero-order valence-corrected chi connectivity index (χ0v) is 16.5. The summed E-state index contributed by atoms with van der Waals surface area (Å²) < 4.78 is -0.800. The number of nitrogens with one attached hydrogen (secondary N) is 3. The summed E-state index contributed by atoms with van der Waals surface area (Å²) in [4.78, 5) is 37.0. The molecule has 144 valence electrons. The van der Waals surface area contributed by atoms with E-state index < -0.39 is 34.4 Å². The van der Waals surface area contributed by atoms with Crippen LogP contribution in [0.4, 0.5) is 0 Å². The minimum Gasteiger partial charge on any atom is -0.357 e. The molecule has 0 aliphatic carbocycles. The van der Waals surface area contributed by atoms with Crippen molar-refractivity contribution in [2.75, 3.05) is 7.05 Å². The molecule has 0 aromatic heterocycles. The molecule has 0 radical (unpaired) electrons. The summed E-state index contributed by atoms with van der Waals surface area (Å²) in [5.74, 6) is -2.81. The zero-order valence-electron chi connectivity index (χ0n) is 15.6. The highest BCUT2D eigenvalue weighted by atomic mass is 32.1. The molecular formula is C17H31N3O4S. The predicted octanol–water partition coefficient (Wildman–Crippen LogP) is 1.29. The van der Waals surface area contributed by atoms with Crippen molar-refractivity contribution in [1.29, 1.82) is 0 Å². The molecule has 0 saturated heterocycles. The lowest BCUT2D eigenvalue weighted by Crippen LogP contribution is -2.57. The highest BCUT2D eigenvalue weighted by molar-refractivity contribution is 7.81. The lowest BCUT2D eigenvalue weighted by Gasteiger charge is -2.32. The SMILES string of the molecule is C=CCC(C(=O)NO)C(CC(C)C)C(=O)NC(C(=O)NC)C(C)(C)S. The van der Waals surface area contributed by atoms with Crippen LogP contribution >= 0.6 is 12.6 Å². The van der Waals surface area contributed by atoms with Crippen molar-refractivity contribution < 1.29 is 19.6 Å². The Balaban J connectivity index is 5.63. The van der Waals surface area contributed by atoms with Gasteiger partial charge in [0.1, 0.15) is 6.04 Å². The Morgan fingerprint density at radius 1 is 1.16 bits per heavy atom. The fraction of sp³-hybridized carbons (Fsp3) is 0.706. The topological polar surface area (TPSA) is 108 Å². The standard InChI is InChI=1S/C17H31N3O4S/c1-7-8-11(15(22)20-24)12(9-10(2)3)14(21)19-13(16(23)18-6)17(4,5)25/h7,10-13,24-25H,1,8-9H2,2-6H3,(H,18,23)(H,19,21)(H,20,22). The van der Waals surface area contributed by atoms with Crippen LogP contribution in [0, 0.1) is 17.8 Å². The first kappa shape index (κ1) is 23.5. The van der Waals surface area contributed by atoms with Gasteiger partial charge in [-0.2, -0.15) is 12.6 Å². The summed E-state index contributed by atoms with van der Waals surface area (Å²) in [6, 6.07) is -0.871. The van der Waals surface area contributed by atoms with Gasteiger partial charge in [-0.25, -0.2) is 5.48 Å². The van der Waals surface area contributed by atoms with Gasteiger partial charge in [0.15, 0.2) is 0 Å². The van der Waals surface area contributed by atoms with Crippen LogP contribution in [0.3, 0.4) is 0 Å². The smallest absolute Gasteiger partial charge is 0.247 e. The Morgan fingerprint density at radius 3 is 2.08 bits per heavy atom. The summed E-state index contributed by atoms with van der Waals surface area (Å²) in [5, 5.41) is 14.2. The minimum atomic E-state index is -0.871. The van der Waals surface area contributed by atoms with Crippen molar-refractivity contribution in [3.05, 3.63) is 12.7 Å².